The third-order valence-corrected chi connectivity index (χ3v) is 1.98. The van der Waals surface area contributed by atoms with Crippen LogP contribution in [-0.2, 0) is 4.79 Å². The zero-order chi connectivity index (χ0) is 10.0. The van der Waals surface area contributed by atoms with Crippen molar-refractivity contribution in [2.75, 3.05) is 0 Å². The van der Waals surface area contributed by atoms with Gasteiger partial charge >= 0.3 is 0 Å². The summed E-state index contributed by atoms with van der Waals surface area (Å²) in [4.78, 5) is 20.9. The summed E-state index contributed by atoms with van der Waals surface area (Å²) in [5.74, 6) is -1.66. The van der Waals surface area contributed by atoms with E-state index in [1.807, 2.05) is 0 Å². The Hall–Kier alpha value is -0.930. The summed E-state index contributed by atoms with van der Waals surface area (Å²) in [5.41, 5.74) is -0.182. The minimum absolute atomic E-state index is 0.0384. The van der Waals surface area contributed by atoms with E-state index in [9.17, 15) is 14.0 Å². The van der Waals surface area contributed by atoms with Crippen molar-refractivity contribution < 1.29 is 14.0 Å². The van der Waals surface area contributed by atoms with E-state index in [2.05, 4.69) is 0 Å². The molecule has 0 amide bonds. The predicted octanol–water partition coefficient (Wildman–Crippen LogP) is 2.51. The average molecular weight is 221 g/mol. The van der Waals surface area contributed by atoms with E-state index >= 15 is 0 Å². The smallest absolute Gasteiger partial charge is 0.226 e. The van der Waals surface area contributed by atoms with Crippen molar-refractivity contribution in [2.24, 2.45) is 0 Å². The van der Waals surface area contributed by atoms with Crippen LogP contribution in [0.3, 0.4) is 0 Å². The Labute approximate surface area is 83.3 Å². The van der Waals surface area contributed by atoms with Crippen LogP contribution in [0.2, 0.25) is 10.0 Å². The molecule has 0 bridgehead atoms. The Balaban J connectivity index is 3.31. The van der Waals surface area contributed by atoms with E-state index in [1.165, 1.54) is 0 Å². The van der Waals surface area contributed by atoms with Gasteiger partial charge in [0.1, 0.15) is 5.82 Å². The van der Waals surface area contributed by atoms with Crippen LogP contribution in [0.25, 0.3) is 0 Å². The molecule has 0 N–H and O–H groups in total. The van der Waals surface area contributed by atoms with Crippen LogP contribution in [0.5, 0.6) is 0 Å². The Morgan fingerprint density at radius 2 is 1.92 bits per heavy atom. The average Bonchev–Trinajstić information content (AvgIpc) is 2.10. The third kappa shape index (κ3) is 2.05. The lowest BCUT2D eigenvalue weighted by Gasteiger charge is -2.00. The maximum absolute atomic E-state index is 12.8. The van der Waals surface area contributed by atoms with E-state index < -0.39 is 11.6 Å². The SMILES string of the molecule is O=CC(=O)c1cc(F)c(Cl)cc1Cl. The first kappa shape index (κ1) is 10.2. The fourth-order valence-corrected chi connectivity index (χ4v) is 1.25. The number of carbonyl (C=O) groups excluding carboxylic acids is 2. The zero-order valence-corrected chi connectivity index (χ0v) is 7.69. The highest BCUT2D eigenvalue weighted by atomic mass is 35.5. The number of hydrogen-bond acceptors (Lipinski definition) is 2. The Morgan fingerprint density at radius 3 is 2.46 bits per heavy atom. The molecule has 0 saturated carbocycles. The zero-order valence-electron chi connectivity index (χ0n) is 6.18. The molecule has 0 saturated heterocycles. The van der Waals surface area contributed by atoms with E-state index in [-0.39, 0.29) is 21.9 Å². The Bertz CT molecular complexity index is 377. The number of carbonyl (C=O) groups is 2. The van der Waals surface area contributed by atoms with Crippen molar-refractivity contribution in [3.8, 4) is 0 Å². The van der Waals surface area contributed by atoms with Crippen LogP contribution in [0.1, 0.15) is 10.4 Å². The molecule has 0 aromatic heterocycles. The summed E-state index contributed by atoms with van der Waals surface area (Å²) < 4.78 is 12.8. The summed E-state index contributed by atoms with van der Waals surface area (Å²) in [5, 5.41) is -0.226. The number of hydrogen-bond donors (Lipinski definition) is 0. The summed E-state index contributed by atoms with van der Waals surface area (Å²) in [6.07, 6.45) is 0.0640. The molecular weight excluding hydrogens is 218 g/mol. The van der Waals surface area contributed by atoms with Crippen molar-refractivity contribution in [2.45, 2.75) is 0 Å². The van der Waals surface area contributed by atoms with Crippen LogP contribution >= 0.6 is 23.2 Å². The lowest BCUT2D eigenvalue weighted by molar-refractivity contribution is -0.104. The van der Waals surface area contributed by atoms with Crippen molar-refractivity contribution in [1.82, 2.24) is 0 Å². The van der Waals surface area contributed by atoms with Gasteiger partial charge in [-0.1, -0.05) is 23.2 Å². The maximum Gasteiger partial charge on any atom is 0.226 e. The molecule has 0 atom stereocenters. The second-order valence-corrected chi connectivity index (χ2v) is 3.04. The molecule has 0 aliphatic heterocycles. The van der Waals surface area contributed by atoms with Gasteiger partial charge in [0.2, 0.25) is 5.78 Å². The fraction of sp³-hybridized carbons (Fsp3) is 0. The fourth-order valence-electron chi connectivity index (χ4n) is 0.775. The highest BCUT2D eigenvalue weighted by Gasteiger charge is 2.12. The van der Waals surface area contributed by atoms with Gasteiger partial charge in [-0.3, -0.25) is 9.59 Å². The topological polar surface area (TPSA) is 34.1 Å². The summed E-state index contributed by atoms with van der Waals surface area (Å²) in [7, 11) is 0. The van der Waals surface area contributed by atoms with Gasteiger partial charge in [-0.2, -0.15) is 0 Å². The Morgan fingerprint density at radius 1 is 1.31 bits per heavy atom. The number of ketones is 1. The molecule has 0 aliphatic carbocycles. The maximum atomic E-state index is 12.8. The van der Waals surface area contributed by atoms with Crippen molar-refractivity contribution in [3.05, 3.63) is 33.6 Å². The molecule has 2 nitrogen and oxygen atoms in total. The monoisotopic (exact) mass is 220 g/mol. The molecule has 0 unspecified atom stereocenters. The Kier molecular flexibility index (Phi) is 3.01. The number of Topliss-reactive ketones (excluding diaryl/α,β-unsaturated/α-hetero) is 1. The van der Waals surface area contributed by atoms with Crippen molar-refractivity contribution in [3.63, 3.8) is 0 Å². The van der Waals surface area contributed by atoms with Gasteiger partial charge in [-0.25, -0.2) is 4.39 Å². The van der Waals surface area contributed by atoms with Gasteiger partial charge in [-0.15, -0.1) is 0 Å². The van der Waals surface area contributed by atoms with E-state index in [0.717, 1.165) is 12.1 Å². The number of halogens is 3. The lowest BCUT2D eigenvalue weighted by atomic mass is 10.1. The van der Waals surface area contributed by atoms with Crippen LogP contribution in [0, 0.1) is 5.82 Å². The number of rotatable bonds is 2. The molecular formula is C8H3Cl2FO2. The second-order valence-electron chi connectivity index (χ2n) is 2.23. The van der Waals surface area contributed by atoms with E-state index in [0.29, 0.717) is 0 Å². The summed E-state index contributed by atoms with van der Waals surface area (Å²) in [6.45, 7) is 0. The molecule has 0 heterocycles. The van der Waals surface area contributed by atoms with Gasteiger partial charge in [-0.05, 0) is 12.1 Å². The number of aldehydes is 1. The molecule has 1 rings (SSSR count). The van der Waals surface area contributed by atoms with Crippen LogP contribution in [0.15, 0.2) is 12.1 Å². The standard InChI is InChI=1S/C8H3Cl2FO2/c9-5-2-6(10)7(11)1-4(5)8(13)3-12/h1-3H. The molecule has 0 spiro atoms. The minimum Gasteiger partial charge on any atom is -0.294 e. The molecule has 1 aromatic rings. The largest absolute Gasteiger partial charge is 0.294 e. The molecule has 5 heteroatoms. The van der Waals surface area contributed by atoms with Crippen LogP contribution < -0.4 is 0 Å². The highest BCUT2D eigenvalue weighted by molar-refractivity contribution is 6.42. The van der Waals surface area contributed by atoms with Gasteiger partial charge in [0.05, 0.1) is 10.0 Å². The molecule has 68 valence electrons. The van der Waals surface area contributed by atoms with Gasteiger partial charge in [0.25, 0.3) is 0 Å². The molecule has 1 aromatic carbocycles. The molecule has 0 fully saturated rings. The lowest BCUT2D eigenvalue weighted by Crippen LogP contribution is -2.01. The van der Waals surface area contributed by atoms with E-state index in [1.54, 1.807) is 0 Å². The van der Waals surface area contributed by atoms with Gasteiger partial charge in [0, 0.05) is 5.56 Å². The quantitative estimate of drug-likeness (QED) is 0.332. The summed E-state index contributed by atoms with van der Waals surface area (Å²) >= 11 is 10.9. The first-order valence-electron chi connectivity index (χ1n) is 3.20. The minimum atomic E-state index is -0.874. The second kappa shape index (κ2) is 3.85. The number of benzene rings is 1. The molecule has 0 radical (unpaired) electrons. The normalized spacial score (nSPS) is 9.77. The first-order valence-corrected chi connectivity index (χ1v) is 3.96. The summed E-state index contributed by atoms with van der Waals surface area (Å²) in [6, 6.07) is 1.91. The molecule has 13 heavy (non-hydrogen) atoms. The first-order chi connectivity index (χ1) is 6.06. The van der Waals surface area contributed by atoms with Crippen LogP contribution in [-0.4, -0.2) is 12.1 Å². The van der Waals surface area contributed by atoms with Crippen LogP contribution in [0.4, 0.5) is 4.39 Å². The molecule has 0 aliphatic rings. The van der Waals surface area contributed by atoms with Crippen molar-refractivity contribution in [1.29, 1.82) is 0 Å². The van der Waals surface area contributed by atoms with Gasteiger partial charge < -0.3 is 0 Å². The van der Waals surface area contributed by atoms with Gasteiger partial charge in [0.15, 0.2) is 6.29 Å². The predicted molar refractivity (Wildman–Crippen MR) is 46.8 cm³/mol. The third-order valence-electron chi connectivity index (χ3n) is 1.38. The highest BCUT2D eigenvalue weighted by Crippen LogP contribution is 2.24. The van der Waals surface area contributed by atoms with E-state index in [4.69, 9.17) is 23.2 Å². The van der Waals surface area contributed by atoms with Crippen molar-refractivity contribution >= 4 is 35.3 Å².